The first-order valence-corrected chi connectivity index (χ1v) is 10.8. The fraction of sp³-hybridized carbons (Fsp3) is 0.0345. The van der Waals surface area contributed by atoms with Crippen molar-refractivity contribution >= 4 is 23.4 Å². The van der Waals surface area contributed by atoms with Gasteiger partial charge < -0.3 is 4.74 Å². The SMILES string of the molecule is O=C1/C(=C\c2ccccc2OCc2ccccc2)C(c2ccccc2)=NN1c1ccccc1. The highest BCUT2D eigenvalue weighted by molar-refractivity contribution is 6.37. The standard InChI is InChI=1S/C29H22N2O2/c32-29-26(20-24-16-10-11-19-27(24)33-21-22-12-4-1-5-13-22)28(23-14-6-2-7-15-23)30-31(29)25-17-8-3-9-18-25/h1-20H,21H2/b26-20-. The first-order valence-electron chi connectivity index (χ1n) is 10.8. The molecule has 4 aromatic carbocycles. The molecule has 0 saturated heterocycles. The summed E-state index contributed by atoms with van der Waals surface area (Å²) in [5.74, 6) is 0.546. The number of para-hydroxylation sites is 2. The Morgan fingerprint density at radius 1 is 0.727 bits per heavy atom. The maximum Gasteiger partial charge on any atom is 0.281 e. The first-order chi connectivity index (χ1) is 16.3. The van der Waals surface area contributed by atoms with Crippen LogP contribution in [0, 0.1) is 0 Å². The molecule has 0 fully saturated rings. The zero-order valence-electron chi connectivity index (χ0n) is 18.0. The number of nitrogens with zero attached hydrogens (tertiary/aromatic N) is 2. The van der Waals surface area contributed by atoms with Crippen molar-refractivity contribution in [3.63, 3.8) is 0 Å². The summed E-state index contributed by atoms with van der Waals surface area (Å²) in [7, 11) is 0. The van der Waals surface area contributed by atoms with Crippen molar-refractivity contribution in [1.29, 1.82) is 0 Å². The molecule has 4 aromatic rings. The van der Waals surface area contributed by atoms with Gasteiger partial charge in [0.15, 0.2) is 0 Å². The van der Waals surface area contributed by atoms with Crippen LogP contribution in [0.15, 0.2) is 126 Å². The van der Waals surface area contributed by atoms with Crippen molar-refractivity contribution in [3.05, 3.63) is 138 Å². The number of carbonyl (C=O) groups excluding carboxylic acids is 1. The Morgan fingerprint density at radius 2 is 1.33 bits per heavy atom. The molecule has 0 aliphatic carbocycles. The molecule has 0 aromatic heterocycles. The van der Waals surface area contributed by atoms with Crippen molar-refractivity contribution in [3.8, 4) is 5.75 Å². The predicted octanol–water partition coefficient (Wildman–Crippen LogP) is 6.10. The van der Waals surface area contributed by atoms with Gasteiger partial charge in [-0.1, -0.05) is 97.1 Å². The van der Waals surface area contributed by atoms with E-state index in [1.807, 2.05) is 121 Å². The summed E-state index contributed by atoms with van der Waals surface area (Å²) in [6.45, 7) is 0.449. The number of anilines is 1. The van der Waals surface area contributed by atoms with Crippen LogP contribution in [-0.4, -0.2) is 11.6 Å². The minimum Gasteiger partial charge on any atom is -0.488 e. The summed E-state index contributed by atoms with van der Waals surface area (Å²) in [5.41, 5.74) is 4.70. The Kier molecular flexibility index (Phi) is 5.81. The molecule has 0 saturated carbocycles. The van der Waals surface area contributed by atoms with Crippen LogP contribution >= 0.6 is 0 Å². The molecular formula is C29H22N2O2. The number of amides is 1. The van der Waals surface area contributed by atoms with Gasteiger partial charge in [0.25, 0.3) is 5.91 Å². The van der Waals surface area contributed by atoms with E-state index in [2.05, 4.69) is 0 Å². The highest BCUT2D eigenvalue weighted by Crippen LogP contribution is 2.30. The fourth-order valence-electron chi connectivity index (χ4n) is 3.72. The molecule has 0 spiro atoms. The van der Waals surface area contributed by atoms with Crippen molar-refractivity contribution in [2.45, 2.75) is 6.61 Å². The van der Waals surface area contributed by atoms with E-state index in [9.17, 15) is 4.79 Å². The van der Waals surface area contributed by atoms with Gasteiger partial charge in [0.2, 0.25) is 0 Å². The maximum atomic E-state index is 13.5. The Hall–Kier alpha value is -4.44. The molecule has 160 valence electrons. The summed E-state index contributed by atoms with van der Waals surface area (Å²) in [6, 6.07) is 37.0. The highest BCUT2D eigenvalue weighted by Gasteiger charge is 2.32. The lowest BCUT2D eigenvalue weighted by Crippen LogP contribution is -2.21. The van der Waals surface area contributed by atoms with Crippen LogP contribution in [0.3, 0.4) is 0 Å². The third-order valence-corrected chi connectivity index (χ3v) is 5.38. The van der Waals surface area contributed by atoms with Gasteiger partial charge in [-0.3, -0.25) is 4.79 Å². The Morgan fingerprint density at radius 3 is 2.06 bits per heavy atom. The Balaban J connectivity index is 1.53. The van der Waals surface area contributed by atoms with Crippen molar-refractivity contribution in [1.82, 2.24) is 0 Å². The first kappa shape index (κ1) is 20.5. The normalized spacial score (nSPS) is 14.4. The van der Waals surface area contributed by atoms with Gasteiger partial charge in [-0.15, -0.1) is 0 Å². The average Bonchev–Trinajstić information content (AvgIpc) is 3.21. The minimum absolute atomic E-state index is 0.169. The molecular weight excluding hydrogens is 408 g/mol. The maximum absolute atomic E-state index is 13.5. The van der Waals surface area contributed by atoms with E-state index in [0.29, 0.717) is 23.6 Å². The molecule has 0 radical (unpaired) electrons. The number of ether oxygens (including phenoxy) is 1. The van der Waals surface area contributed by atoms with E-state index in [-0.39, 0.29) is 5.91 Å². The molecule has 1 amide bonds. The number of hydrazone groups is 1. The second-order valence-corrected chi connectivity index (χ2v) is 7.64. The van der Waals surface area contributed by atoms with Crippen molar-refractivity contribution in [2.75, 3.05) is 5.01 Å². The van der Waals surface area contributed by atoms with Crippen LogP contribution in [0.5, 0.6) is 5.75 Å². The van der Waals surface area contributed by atoms with Crippen LogP contribution in [0.25, 0.3) is 6.08 Å². The molecule has 0 bridgehead atoms. The summed E-state index contributed by atoms with van der Waals surface area (Å²) in [4.78, 5) is 13.5. The summed E-state index contributed by atoms with van der Waals surface area (Å²) >= 11 is 0. The smallest absolute Gasteiger partial charge is 0.281 e. The lowest BCUT2D eigenvalue weighted by molar-refractivity contribution is -0.114. The number of rotatable bonds is 6. The molecule has 0 unspecified atom stereocenters. The third kappa shape index (κ3) is 4.46. The van der Waals surface area contributed by atoms with E-state index >= 15 is 0 Å². The van der Waals surface area contributed by atoms with E-state index in [1.165, 1.54) is 5.01 Å². The zero-order valence-corrected chi connectivity index (χ0v) is 18.0. The van der Waals surface area contributed by atoms with Crippen LogP contribution in [-0.2, 0) is 11.4 Å². The fourth-order valence-corrected chi connectivity index (χ4v) is 3.72. The number of carbonyl (C=O) groups is 1. The predicted molar refractivity (Wildman–Crippen MR) is 132 cm³/mol. The lowest BCUT2D eigenvalue weighted by Gasteiger charge is -2.12. The van der Waals surface area contributed by atoms with E-state index in [4.69, 9.17) is 9.84 Å². The van der Waals surface area contributed by atoms with E-state index in [0.717, 1.165) is 22.4 Å². The zero-order chi connectivity index (χ0) is 22.5. The number of benzene rings is 4. The Bertz CT molecular complexity index is 1310. The third-order valence-electron chi connectivity index (χ3n) is 5.38. The van der Waals surface area contributed by atoms with Gasteiger partial charge in [0, 0.05) is 11.1 Å². The van der Waals surface area contributed by atoms with Gasteiger partial charge in [0.05, 0.1) is 11.3 Å². The van der Waals surface area contributed by atoms with Gasteiger partial charge in [-0.25, -0.2) is 0 Å². The van der Waals surface area contributed by atoms with Crippen LogP contribution in [0.4, 0.5) is 5.69 Å². The summed E-state index contributed by atoms with van der Waals surface area (Å²) in [5, 5.41) is 6.16. The molecule has 4 nitrogen and oxygen atoms in total. The topological polar surface area (TPSA) is 41.9 Å². The molecule has 1 aliphatic heterocycles. The molecule has 33 heavy (non-hydrogen) atoms. The second-order valence-electron chi connectivity index (χ2n) is 7.64. The summed E-state index contributed by atoms with van der Waals surface area (Å²) in [6.07, 6.45) is 1.87. The molecule has 5 rings (SSSR count). The van der Waals surface area contributed by atoms with Gasteiger partial charge in [-0.2, -0.15) is 10.1 Å². The van der Waals surface area contributed by atoms with Crippen molar-refractivity contribution in [2.24, 2.45) is 5.10 Å². The highest BCUT2D eigenvalue weighted by atomic mass is 16.5. The monoisotopic (exact) mass is 430 g/mol. The van der Waals surface area contributed by atoms with Crippen molar-refractivity contribution < 1.29 is 9.53 Å². The second kappa shape index (κ2) is 9.37. The van der Waals surface area contributed by atoms with Gasteiger partial charge >= 0.3 is 0 Å². The van der Waals surface area contributed by atoms with Gasteiger partial charge in [-0.05, 0) is 29.8 Å². The molecule has 1 aliphatic rings. The van der Waals surface area contributed by atoms with E-state index < -0.39 is 0 Å². The molecule has 0 N–H and O–H groups in total. The average molecular weight is 431 g/mol. The molecule has 1 heterocycles. The van der Waals surface area contributed by atoms with Gasteiger partial charge in [0.1, 0.15) is 18.1 Å². The lowest BCUT2D eigenvalue weighted by atomic mass is 10.00. The molecule has 4 heteroatoms. The van der Waals surface area contributed by atoms with E-state index in [1.54, 1.807) is 0 Å². The van der Waals surface area contributed by atoms with Crippen LogP contribution in [0.2, 0.25) is 0 Å². The Labute approximate surface area is 193 Å². The van der Waals surface area contributed by atoms with Crippen LogP contribution in [0.1, 0.15) is 16.7 Å². The number of hydrogen-bond donors (Lipinski definition) is 0. The molecule has 0 atom stereocenters. The summed E-state index contributed by atoms with van der Waals surface area (Å²) < 4.78 is 6.11. The minimum atomic E-state index is -0.169. The quantitative estimate of drug-likeness (QED) is 0.347. The number of hydrogen-bond acceptors (Lipinski definition) is 3. The van der Waals surface area contributed by atoms with Crippen LogP contribution < -0.4 is 9.75 Å². The largest absolute Gasteiger partial charge is 0.488 e.